The minimum absolute atomic E-state index is 0.0129. The molecule has 1 aromatic heterocycles. The number of piperidine rings is 2. The molecule has 0 unspecified atom stereocenters. The first kappa shape index (κ1) is 21.3. The van der Waals surface area contributed by atoms with Crippen molar-refractivity contribution in [2.24, 2.45) is 5.92 Å². The fourth-order valence-electron chi connectivity index (χ4n) is 4.70. The van der Waals surface area contributed by atoms with E-state index in [1.54, 1.807) is 0 Å². The van der Waals surface area contributed by atoms with E-state index in [1.165, 1.54) is 17.8 Å². The molecule has 0 atom stereocenters. The van der Waals surface area contributed by atoms with Gasteiger partial charge in [0.1, 0.15) is 0 Å². The van der Waals surface area contributed by atoms with Crippen molar-refractivity contribution >= 4 is 29.1 Å². The van der Waals surface area contributed by atoms with Crippen molar-refractivity contribution in [2.75, 3.05) is 58.9 Å². The fourth-order valence-corrected chi connectivity index (χ4v) is 5.40. The van der Waals surface area contributed by atoms with Gasteiger partial charge in [-0.1, -0.05) is 6.07 Å². The van der Waals surface area contributed by atoms with E-state index in [4.69, 9.17) is 0 Å². The van der Waals surface area contributed by atoms with E-state index in [9.17, 15) is 14.4 Å². The molecule has 3 amide bonds. The van der Waals surface area contributed by atoms with Crippen LogP contribution < -0.4 is 0 Å². The molecule has 164 valence electrons. The number of rotatable bonds is 4. The van der Waals surface area contributed by atoms with E-state index in [0.29, 0.717) is 32.7 Å². The first-order valence-electron chi connectivity index (χ1n) is 11.2. The fraction of sp³-hybridized carbons (Fsp3) is 0.682. The summed E-state index contributed by atoms with van der Waals surface area (Å²) in [5.74, 6) is 0.555. The Bertz CT molecular complexity index is 732. The molecule has 0 spiro atoms. The highest BCUT2D eigenvalue weighted by Crippen LogP contribution is 2.23. The Morgan fingerprint density at radius 2 is 1.53 bits per heavy atom. The van der Waals surface area contributed by atoms with E-state index in [2.05, 4.69) is 4.90 Å². The van der Waals surface area contributed by atoms with Gasteiger partial charge >= 0.3 is 0 Å². The molecule has 0 bridgehead atoms. The SMILES string of the molecule is O=C(CN1CCN(C(=O)C2CCN(C(=O)c3cccs3)CC2)CC1)N1CCCCC1. The van der Waals surface area contributed by atoms with Gasteiger partial charge in [-0.2, -0.15) is 0 Å². The Morgan fingerprint density at radius 3 is 2.17 bits per heavy atom. The molecule has 3 aliphatic heterocycles. The Balaban J connectivity index is 1.19. The molecule has 8 heteroatoms. The summed E-state index contributed by atoms with van der Waals surface area (Å²) in [7, 11) is 0. The summed E-state index contributed by atoms with van der Waals surface area (Å²) >= 11 is 1.47. The van der Waals surface area contributed by atoms with Crippen LogP contribution in [-0.4, -0.2) is 96.2 Å². The molecule has 3 fully saturated rings. The Hall–Kier alpha value is -1.93. The lowest BCUT2D eigenvalue weighted by atomic mass is 9.95. The van der Waals surface area contributed by atoms with Gasteiger partial charge < -0.3 is 14.7 Å². The maximum Gasteiger partial charge on any atom is 0.263 e. The smallest absolute Gasteiger partial charge is 0.263 e. The van der Waals surface area contributed by atoms with Gasteiger partial charge in [0.05, 0.1) is 11.4 Å². The van der Waals surface area contributed by atoms with Gasteiger partial charge in [0.2, 0.25) is 11.8 Å². The van der Waals surface area contributed by atoms with Crippen LogP contribution in [0.2, 0.25) is 0 Å². The highest BCUT2D eigenvalue weighted by molar-refractivity contribution is 7.12. The molecule has 0 aromatic carbocycles. The zero-order valence-electron chi connectivity index (χ0n) is 17.6. The third-order valence-corrected chi connectivity index (χ3v) is 7.47. The second-order valence-electron chi connectivity index (χ2n) is 8.59. The summed E-state index contributed by atoms with van der Waals surface area (Å²) in [4.78, 5) is 46.7. The monoisotopic (exact) mass is 432 g/mol. The van der Waals surface area contributed by atoms with Crippen molar-refractivity contribution < 1.29 is 14.4 Å². The van der Waals surface area contributed by atoms with Crippen molar-refractivity contribution in [1.82, 2.24) is 19.6 Å². The molecule has 1 aromatic rings. The second kappa shape index (κ2) is 9.92. The Labute approximate surface area is 182 Å². The van der Waals surface area contributed by atoms with Crippen LogP contribution in [0, 0.1) is 5.92 Å². The van der Waals surface area contributed by atoms with Crippen LogP contribution in [-0.2, 0) is 9.59 Å². The minimum atomic E-state index is 0.0129. The molecule has 7 nitrogen and oxygen atoms in total. The van der Waals surface area contributed by atoms with Crippen LogP contribution in [0.15, 0.2) is 17.5 Å². The molecular weight excluding hydrogens is 400 g/mol. The number of nitrogens with zero attached hydrogens (tertiary/aromatic N) is 4. The van der Waals surface area contributed by atoms with E-state index in [1.807, 2.05) is 32.2 Å². The van der Waals surface area contributed by atoms with Crippen LogP contribution >= 0.6 is 11.3 Å². The summed E-state index contributed by atoms with van der Waals surface area (Å²) in [6, 6.07) is 3.76. The number of piperazine rings is 1. The third-order valence-electron chi connectivity index (χ3n) is 6.61. The van der Waals surface area contributed by atoms with Crippen LogP contribution in [0.5, 0.6) is 0 Å². The van der Waals surface area contributed by atoms with Crippen molar-refractivity contribution in [3.05, 3.63) is 22.4 Å². The van der Waals surface area contributed by atoms with Crippen LogP contribution in [0.1, 0.15) is 41.8 Å². The third kappa shape index (κ3) is 5.03. The van der Waals surface area contributed by atoms with Crippen molar-refractivity contribution in [3.63, 3.8) is 0 Å². The van der Waals surface area contributed by atoms with Gasteiger partial charge in [0.25, 0.3) is 5.91 Å². The minimum Gasteiger partial charge on any atom is -0.342 e. The molecule has 0 aliphatic carbocycles. The van der Waals surface area contributed by atoms with Crippen molar-refractivity contribution in [3.8, 4) is 0 Å². The molecule has 0 radical (unpaired) electrons. The largest absolute Gasteiger partial charge is 0.342 e. The van der Waals surface area contributed by atoms with Crippen LogP contribution in [0.25, 0.3) is 0 Å². The van der Waals surface area contributed by atoms with E-state index in [-0.39, 0.29) is 23.6 Å². The zero-order chi connectivity index (χ0) is 20.9. The van der Waals surface area contributed by atoms with E-state index in [0.717, 1.165) is 56.7 Å². The molecule has 3 saturated heterocycles. The lowest BCUT2D eigenvalue weighted by Gasteiger charge is -2.39. The molecule has 0 saturated carbocycles. The van der Waals surface area contributed by atoms with E-state index < -0.39 is 0 Å². The second-order valence-corrected chi connectivity index (χ2v) is 9.53. The molecular formula is C22H32N4O3S. The number of carbonyl (C=O) groups excluding carboxylic acids is 3. The number of hydrogen-bond acceptors (Lipinski definition) is 5. The van der Waals surface area contributed by atoms with Crippen LogP contribution in [0.3, 0.4) is 0 Å². The topological polar surface area (TPSA) is 64.2 Å². The standard InChI is InChI=1S/C22H32N4O3S/c27-20(24-8-2-1-3-9-24)17-23-12-14-26(15-13-23)21(28)18-6-10-25(11-7-18)22(29)19-5-4-16-30-19/h4-5,16,18H,1-3,6-15,17H2. The van der Waals surface area contributed by atoms with E-state index >= 15 is 0 Å². The average Bonchev–Trinajstić information content (AvgIpc) is 3.34. The Morgan fingerprint density at radius 1 is 0.833 bits per heavy atom. The highest BCUT2D eigenvalue weighted by atomic mass is 32.1. The predicted octanol–water partition coefficient (Wildman–Crippen LogP) is 1.76. The van der Waals surface area contributed by atoms with Gasteiger partial charge in [-0.3, -0.25) is 19.3 Å². The first-order valence-corrected chi connectivity index (χ1v) is 12.1. The van der Waals surface area contributed by atoms with Crippen molar-refractivity contribution in [2.45, 2.75) is 32.1 Å². The first-order chi connectivity index (χ1) is 14.6. The van der Waals surface area contributed by atoms with Gasteiger partial charge in [0, 0.05) is 58.3 Å². The van der Waals surface area contributed by atoms with Crippen LogP contribution in [0.4, 0.5) is 0 Å². The van der Waals surface area contributed by atoms with Gasteiger partial charge in [-0.05, 0) is 43.6 Å². The molecule has 30 heavy (non-hydrogen) atoms. The van der Waals surface area contributed by atoms with Gasteiger partial charge in [-0.25, -0.2) is 0 Å². The quantitative estimate of drug-likeness (QED) is 0.727. The summed E-state index contributed by atoms with van der Waals surface area (Å²) in [5, 5.41) is 1.92. The summed E-state index contributed by atoms with van der Waals surface area (Å²) in [5.41, 5.74) is 0. The molecule has 0 N–H and O–H groups in total. The lowest BCUT2D eigenvalue weighted by Crippen LogP contribution is -2.54. The maximum absolute atomic E-state index is 13.0. The highest BCUT2D eigenvalue weighted by Gasteiger charge is 2.32. The molecule has 3 aliphatic rings. The van der Waals surface area contributed by atoms with Gasteiger partial charge in [-0.15, -0.1) is 11.3 Å². The number of hydrogen-bond donors (Lipinski definition) is 0. The number of likely N-dealkylation sites (tertiary alicyclic amines) is 2. The normalized spacial score (nSPS) is 21.7. The number of carbonyl (C=O) groups is 3. The Kier molecular flexibility index (Phi) is 7.04. The summed E-state index contributed by atoms with van der Waals surface area (Å²) in [6.45, 7) is 6.49. The average molecular weight is 433 g/mol. The maximum atomic E-state index is 13.0. The predicted molar refractivity (Wildman–Crippen MR) is 116 cm³/mol. The number of amides is 3. The molecule has 4 rings (SSSR count). The summed E-state index contributed by atoms with van der Waals surface area (Å²) in [6.07, 6.45) is 4.94. The lowest BCUT2D eigenvalue weighted by molar-refractivity contribution is -0.139. The number of thiophene rings is 1. The zero-order valence-corrected chi connectivity index (χ0v) is 18.4. The van der Waals surface area contributed by atoms with Gasteiger partial charge in [0.15, 0.2) is 0 Å². The molecule has 4 heterocycles. The van der Waals surface area contributed by atoms with Crippen molar-refractivity contribution in [1.29, 1.82) is 0 Å². The summed E-state index contributed by atoms with van der Waals surface area (Å²) < 4.78 is 0.